The molecule has 0 aromatic heterocycles. The van der Waals surface area contributed by atoms with Gasteiger partial charge < -0.3 is 0 Å². The van der Waals surface area contributed by atoms with Crippen molar-refractivity contribution in [1.29, 1.82) is 0 Å². The van der Waals surface area contributed by atoms with Gasteiger partial charge in [0.1, 0.15) is 0 Å². The molecular formula is C17H20N2O4S. The summed E-state index contributed by atoms with van der Waals surface area (Å²) in [4.78, 5) is 10.8. The Hall–Kier alpha value is -2.25. The van der Waals surface area contributed by atoms with E-state index in [0.717, 1.165) is 27.8 Å². The van der Waals surface area contributed by atoms with Crippen LogP contribution >= 0.6 is 0 Å². The molecule has 128 valence electrons. The van der Waals surface area contributed by atoms with E-state index in [0.29, 0.717) is 12.8 Å². The van der Waals surface area contributed by atoms with Crippen LogP contribution in [-0.2, 0) is 22.9 Å². The quantitative estimate of drug-likeness (QED) is 0.661. The molecule has 0 amide bonds. The standard InChI is InChI=1S/C17H20N2O4S/c1-4-12-8-14(19(20)21)9-13(5-2)17(12)16-10-15(24(18,22)23)7-6-11(16)3/h6-10H,4-5H2,1-3H3,(H2,18,22,23). The number of nitro benzene ring substituents is 1. The molecule has 2 aromatic carbocycles. The van der Waals surface area contributed by atoms with Crippen LogP contribution in [0.15, 0.2) is 35.2 Å². The van der Waals surface area contributed by atoms with Gasteiger partial charge >= 0.3 is 0 Å². The van der Waals surface area contributed by atoms with Crippen LogP contribution in [0.5, 0.6) is 0 Å². The number of nitro groups is 1. The van der Waals surface area contributed by atoms with Crippen LogP contribution in [0.25, 0.3) is 11.1 Å². The molecule has 2 N–H and O–H groups in total. The lowest BCUT2D eigenvalue weighted by Crippen LogP contribution is -2.12. The summed E-state index contributed by atoms with van der Waals surface area (Å²) in [7, 11) is -3.82. The minimum Gasteiger partial charge on any atom is -0.258 e. The van der Waals surface area contributed by atoms with Crippen LogP contribution in [0.3, 0.4) is 0 Å². The van der Waals surface area contributed by atoms with E-state index < -0.39 is 14.9 Å². The Bertz CT molecular complexity index is 880. The van der Waals surface area contributed by atoms with E-state index in [9.17, 15) is 18.5 Å². The minimum absolute atomic E-state index is 0.0329. The van der Waals surface area contributed by atoms with Gasteiger partial charge in [-0.1, -0.05) is 19.9 Å². The SMILES string of the molecule is CCc1cc([N+](=O)[O-])cc(CC)c1-c1cc(S(N)(=O)=O)ccc1C. The second-order valence-corrected chi connectivity index (χ2v) is 7.19. The molecule has 0 spiro atoms. The van der Waals surface area contributed by atoms with Crippen LogP contribution in [0.2, 0.25) is 0 Å². The molecule has 0 bridgehead atoms. The number of sulfonamides is 1. The number of rotatable bonds is 5. The third-order valence-corrected chi connectivity index (χ3v) is 4.98. The number of nitrogens with zero attached hydrogens (tertiary/aromatic N) is 1. The molecule has 0 aliphatic carbocycles. The lowest BCUT2D eigenvalue weighted by Gasteiger charge is -2.16. The fourth-order valence-corrected chi connectivity index (χ4v) is 3.35. The maximum Gasteiger partial charge on any atom is 0.270 e. The first kappa shape index (κ1) is 18.1. The monoisotopic (exact) mass is 348 g/mol. The number of nitrogens with two attached hydrogens (primary N) is 1. The van der Waals surface area contributed by atoms with Gasteiger partial charge in [-0.25, -0.2) is 13.6 Å². The summed E-state index contributed by atoms with van der Waals surface area (Å²) in [6, 6.07) is 7.82. The highest BCUT2D eigenvalue weighted by molar-refractivity contribution is 7.89. The van der Waals surface area contributed by atoms with E-state index in [1.54, 1.807) is 24.3 Å². The maximum absolute atomic E-state index is 11.7. The van der Waals surface area contributed by atoms with Crippen molar-refractivity contribution in [3.8, 4) is 11.1 Å². The van der Waals surface area contributed by atoms with Gasteiger partial charge in [0.2, 0.25) is 10.0 Å². The number of aryl methyl sites for hydroxylation is 3. The fourth-order valence-electron chi connectivity index (χ4n) is 2.81. The van der Waals surface area contributed by atoms with Crippen molar-refractivity contribution >= 4 is 15.7 Å². The van der Waals surface area contributed by atoms with E-state index in [2.05, 4.69) is 0 Å². The summed E-state index contributed by atoms with van der Waals surface area (Å²) >= 11 is 0. The predicted octanol–water partition coefficient (Wildman–Crippen LogP) is 3.34. The van der Waals surface area contributed by atoms with Gasteiger partial charge in [0.05, 0.1) is 9.82 Å². The van der Waals surface area contributed by atoms with Gasteiger partial charge in [0.15, 0.2) is 0 Å². The van der Waals surface area contributed by atoms with Crippen molar-refractivity contribution in [2.75, 3.05) is 0 Å². The molecular weight excluding hydrogens is 328 g/mol. The van der Waals surface area contributed by atoms with Gasteiger partial charge in [-0.2, -0.15) is 0 Å². The van der Waals surface area contributed by atoms with Gasteiger partial charge in [-0.3, -0.25) is 10.1 Å². The molecule has 0 heterocycles. The molecule has 24 heavy (non-hydrogen) atoms. The third kappa shape index (κ3) is 3.47. The molecule has 0 unspecified atom stereocenters. The zero-order chi connectivity index (χ0) is 18.1. The zero-order valence-corrected chi connectivity index (χ0v) is 14.7. The predicted molar refractivity (Wildman–Crippen MR) is 93.4 cm³/mol. The second kappa shape index (κ2) is 6.70. The van der Waals surface area contributed by atoms with E-state index in [1.807, 2.05) is 20.8 Å². The fraction of sp³-hybridized carbons (Fsp3) is 0.294. The molecule has 0 saturated heterocycles. The first-order chi connectivity index (χ1) is 11.2. The molecule has 7 heteroatoms. The van der Waals surface area contributed by atoms with Crippen LogP contribution in [0.1, 0.15) is 30.5 Å². The Morgan fingerprint density at radius 2 is 1.62 bits per heavy atom. The van der Waals surface area contributed by atoms with Crippen molar-refractivity contribution in [2.45, 2.75) is 38.5 Å². The zero-order valence-electron chi connectivity index (χ0n) is 13.9. The smallest absolute Gasteiger partial charge is 0.258 e. The molecule has 2 aromatic rings. The first-order valence-electron chi connectivity index (χ1n) is 7.63. The van der Waals surface area contributed by atoms with E-state index in [4.69, 9.17) is 5.14 Å². The summed E-state index contributed by atoms with van der Waals surface area (Å²) < 4.78 is 23.3. The van der Waals surface area contributed by atoms with Crippen LogP contribution in [0, 0.1) is 17.0 Å². The molecule has 0 fully saturated rings. The van der Waals surface area contributed by atoms with Crippen LogP contribution < -0.4 is 5.14 Å². The molecule has 0 aliphatic heterocycles. The number of benzene rings is 2. The van der Waals surface area contributed by atoms with Crippen LogP contribution in [-0.4, -0.2) is 13.3 Å². The van der Waals surface area contributed by atoms with Gasteiger partial charge in [0.25, 0.3) is 5.69 Å². The minimum atomic E-state index is -3.82. The average molecular weight is 348 g/mol. The van der Waals surface area contributed by atoms with Crippen molar-refractivity contribution in [2.24, 2.45) is 5.14 Å². The first-order valence-corrected chi connectivity index (χ1v) is 9.17. The summed E-state index contributed by atoms with van der Waals surface area (Å²) in [6.07, 6.45) is 1.20. The van der Waals surface area contributed by atoms with E-state index in [-0.39, 0.29) is 10.6 Å². The normalized spacial score (nSPS) is 11.5. The average Bonchev–Trinajstić information content (AvgIpc) is 2.52. The molecule has 0 atom stereocenters. The topological polar surface area (TPSA) is 103 Å². The molecule has 2 rings (SSSR count). The molecule has 6 nitrogen and oxygen atoms in total. The summed E-state index contributed by atoms with van der Waals surface area (Å²) in [5.74, 6) is 0. The Balaban J connectivity index is 2.83. The Morgan fingerprint density at radius 3 is 2.04 bits per heavy atom. The summed E-state index contributed by atoms with van der Waals surface area (Å²) in [5, 5.41) is 16.4. The van der Waals surface area contributed by atoms with Crippen molar-refractivity contribution in [3.63, 3.8) is 0 Å². The Kier molecular flexibility index (Phi) is 5.05. The highest BCUT2D eigenvalue weighted by Gasteiger charge is 2.19. The molecule has 0 saturated carbocycles. The molecule has 0 radical (unpaired) electrons. The highest BCUT2D eigenvalue weighted by atomic mass is 32.2. The highest BCUT2D eigenvalue weighted by Crippen LogP contribution is 2.35. The lowest BCUT2D eigenvalue weighted by molar-refractivity contribution is -0.385. The lowest BCUT2D eigenvalue weighted by atomic mass is 9.89. The Morgan fingerprint density at radius 1 is 1.08 bits per heavy atom. The number of primary sulfonamides is 1. The van der Waals surface area contributed by atoms with Crippen molar-refractivity contribution in [1.82, 2.24) is 0 Å². The largest absolute Gasteiger partial charge is 0.270 e. The van der Waals surface area contributed by atoms with E-state index in [1.165, 1.54) is 6.07 Å². The van der Waals surface area contributed by atoms with Crippen molar-refractivity contribution in [3.05, 3.63) is 57.1 Å². The van der Waals surface area contributed by atoms with Gasteiger partial charge in [-0.05, 0) is 59.7 Å². The van der Waals surface area contributed by atoms with E-state index >= 15 is 0 Å². The van der Waals surface area contributed by atoms with Gasteiger partial charge in [-0.15, -0.1) is 0 Å². The Labute approximate surface area is 141 Å². The van der Waals surface area contributed by atoms with Gasteiger partial charge in [0, 0.05) is 12.1 Å². The third-order valence-electron chi connectivity index (χ3n) is 4.07. The van der Waals surface area contributed by atoms with Crippen LogP contribution in [0.4, 0.5) is 5.69 Å². The number of hydrogen-bond donors (Lipinski definition) is 1. The summed E-state index contributed by atoms with van der Waals surface area (Å²) in [6.45, 7) is 5.71. The van der Waals surface area contributed by atoms with Crippen molar-refractivity contribution < 1.29 is 13.3 Å². The molecule has 0 aliphatic rings. The number of hydrogen-bond acceptors (Lipinski definition) is 4. The second-order valence-electron chi connectivity index (χ2n) is 5.62. The number of non-ortho nitro benzene ring substituents is 1. The maximum atomic E-state index is 11.7. The summed E-state index contributed by atoms with van der Waals surface area (Å²) in [5.41, 5.74) is 4.17.